The van der Waals surface area contributed by atoms with Crippen LogP contribution in [0.3, 0.4) is 0 Å². The number of fused-ring (bicyclic) bond motifs is 1. The zero-order valence-corrected chi connectivity index (χ0v) is 22.0. The van der Waals surface area contributed by atoms with Gasteiger partial charge < -0.3 is 10.1 Å². The number of nitrogens with zero attached hydrogens (tertiary/aromatic N) is 7. The van der Waals surface area contributed by atoms with Gasteiger partial charge in [0.05, 0.1) is 30.0 Å². The van der Waals surface area contributed by atoms with Crippen molar-refractivity contribution in [2.24, 2.45) is 0 Å². The smallest absolute Gasteiger partial charge is 0.252 e. The summed E-state index contributed by atoms with van der Waals surface area (Å²) in [7, 11) is 1.51. The molecule has 0 bridgehead atoms. The fourth-order valence-corrected chi connectivity index (χ4v) is 4.57. The minimum atomic E-state index is -0.767. The minimum Gasteiger partial charge on any atom is -0.495 e. The molecule has 1 atom stereocenters. The van der Waals surface area contributed by atoms with Crippen molar-refractivity contribution in [1.82, 2.24) is 34.7 Å². The van der Waals surface area contributed by atoms with Crippen molar-refractivity contribution in [3.8, 4) is 22.6 Å². The summed E-state index contributed by atoms with van der Waals surface area (Å²) in [6, 6.07) is 11.2. The van der Waals surface area contributed by atoms with Crippen LogP contribution >= 0.6 is 11.6 Å². The Labute approximate surface area is 228 Å². The van der Waals surface area contributed by atoms with Crippen LogP contribution in [0.25, 0.3) is 27.8 Å². The molecular formula is C27H25ClN8O3. The fraction of sp³-hybridized carbons (Fsp3) is 0.222. The number of anilines is 1. The average Bonchev–Trinajstić information content (AvgIpc) is 3.48. The normalized spacial score (nSPS) is 11.9. The number of rotatable bonds is 9. The predicted molar refractivity (Wildman–Crippen MR) is 147 cm³/mol. The minimum absolute atomic E-state index is 0.319. The van der Waals surface area contributed by atoms with Gasteiger partial charge in [0.1, 0.15) is 18.1 Å². The molecule has 5 aromatic rings. The van der Waals surface area contributed by atoms with Crippen molar-refractivity contribution in [3.63, 3.8) is 0 Å². The first-order valence-corrected chi connectivity index (χ1v) is 12.7. The summed E-state index contributed by atoms with van der Waals surface area (Å²) < 4.78 is 8.58. The summed E-state index contributed by atoms with van der Waals surface area (Å²) in [6.45, 7) is 2.03. The number of aromatic nitrogens is 7. The van der Waals surface area contributed by atoms with Gasteiger partial charge in [-0.3, -0.25) is 24.1 Å². The fourth-order valence-electron chi connectivity index (χ4n) is 4.40. The number of amides is 1. The molecule has 0 fully saturated rings. The summed E-state index contributed by atoms with van der Waals surface area (Å²) >= 11 is 6.31. The summed E-state index contributed by atoms with van der Waals surface area (Å²) in [6.07, 6.45) is 8.28. The van der Waals surface area contributed by atoms with Crippen LogP contribution in [0.15, 0.2) is 72.2 Å². The number of ether oxygens (including phenoxy) is 1. The lowest BCUT2D eigenvalue weighted by Gasteiger charge is -2.22. The SMILES string of the molecule is CCCCC(C(=O)Nc1ccc2nccnc2c1)n1cc(OC)c(-c2cc(Cl)ccc2-n2cnnn2)cc1=O. The zero-order chi connectivity index (χ0) is 27.4. The molecule has 1 N–H and O–H groups in total. The van der Waals surface area contributed by atoms with E-state index in [1.54, 1.807) is 55.0 Å². The quantitative estimate of drug-likeness (QED) is 0.288. The lowest BCUT2D eigenvalue weighted by molar-refractivity contribution is -0.119. The molecule has 5 rings (SSSR count). The van der Waals surface area contributed by atoms with Gasteiger partial charge in [0, 0.05) is 40.3 Å². The predicted octanol–water partition coefficient (Wildman–Crippen LogP) is 4.47. The van der Waals surface area contributed by atoms with Crippen molar-refractivity contribution in [2.75, 3.05) is 12.4 Å². The van der Waals surface area contributed by atoms with Gasteiger partial charge >= 0.3 is 0 Å². The van der Waals surface area contributed by atoms with Gasteiger partial charge in [-0.05, 0) is 53.2 Å². The molecule has 39 heavy (non-hydrogen) atoms. The number of hydrogen-bond acceptors (Lipinski definition) is 8. The number of carbonyl (C=O) groups is 1. The Balaban J connectivity index is 1.54. The van der Waals surface area contributed by atoms with E-state index in [4.69, 9.17) is 16.3 Å². The molecule has 0 aliphatic carbocycles. The first kappa shape index (κ1) is 26.0. The highest BCUT2D eigenvalue weighted by Gasteiger charge is 2.24. The van der Waals surface area contributed by atoms with Crippen molar-refractivity contribution in [1.29, 1.82) is 0 Å². The molecule has 3 aromatic heterocycles. The van der Waals surface area contributed by atoms with Crippen LogP contribution in [0, 0.1) is 0 Å². The number of nitrogens with one attached hydrogen (secondary N) is 1. The van der Waals surface area contributed by atoms with E-state index in [2.05, 4.69) is 30.8 Å². The standard InChI is InChI=1S/C27H25ClN8O3/c1-3-4-5-24(27(38)32-18-7-8-21-22(13-18)30-11-10-29-21)35-15-25(39-2)20(14-26(35)37)19-12-17(28)6-9-23(19)36-16-31-33-34-36/h6-16,24H,3-5H2,1-2H3,(H,32,38). The molecule has 0 saturated heterocycles. The van der Waals surface area contributed by atoms with Crippen molar-refractivity contribution >= 4 is 34.2 Å². The van der Waals surface area contributed by atoms with E-state index >= 15 is 0 Å². The Kier molecular flexibility index (Phi) is 7.60. The molecule has 2 aromatic carbocycles. The highest BCUT2D eigenvalue weighted by atomic mass is 35.5. The number of benzene rings is 2. The largest absolute Gasteiger partial charge is 0.495 e. The highest BCUT2D eigenvalue weighted by molar-refractivity contribution is 6.31. The maximum Gasteiger partial charge on any atom is 0.252 e. The second kappa shape index (κ2) is 11.4. The van der Waals surface area contributed by atoms with Gasteiger partial charge in [0.2, 0.25) is 5.91 Å². The van der Waals surface area contributed by atoms with E-state index < -0.39 is 6.04 Å². The maximum absolute atomic E-state index is 13.5. The summed E-state index contributed by atoms with van der Waals surface area (Å²) in [5.41, 5.74) is 3.28. The molecule has 0 spiro atoms. The first-order valence-electron chi connectivity index (χ1n) is 12.3. The zero-order valence-electron chi connectivity index (χ0n) is 21.3. The van der Waals surface area contributed by atoms with Gasteiger partial charge in [0.15, 0.2) is 0 Å². The monoisotopic (exact) mass is 544 g/mol. The van der Waals surface area contributed by atoms with Gasteiger partial charge in [-0.15, -0.1) is 5.10 Å². The lowest BCUT2D eigenvalue weighted by atomic mass is 10.0. The number of unbranched alkanes of at least 4 members (excludes halogenated alkanes) is 1. The molecule has 11 nitrogen and oxygen atoms in total. The molecule has 1 amide bonds. The van der Waals surface area contributed by atoms with Crippen molar-refractivity contribution in [2.45, 2.75) is 32.2 Å². The summed E-state index contributed by atoms with van der Waals surface area (Å²) in [5.74, 6) is 0.0715. The van der Waals surface area contributed by atoms with E-state index in [1.165, 1.54) is 28.8 Å². The molecule has 1 unspecified atom stereocenters. The third-order valence-electron chi connectivity index (χ3n) is 6.32. The van der Waals surface area contributed by atoms with Crippen LogP contribution in [-0.4, -0.2) is 47.8 Å². The van der Waals surface area contributed by atoms with Crippen LogP contribution in [0.4, 0.5) is 5.69 Å². The highest BCUT2D eigenvalue weighted by Crippen LogP contribution is 2.35. The molecule has 198 valence electrons. The number of hydrogen-bond donors (Lipinski definition) is 1. The number of methoxy groups -OCH3 is 1. The van der Waals surface area contributed by atoms with Gasteiger partial charge in [-0.1, -0.05) is 31.4 Å². The number of pyridine rings is 1. The molecule has 3 heterocycles. The topological polar surface area (TPSA) is 130 Å². The van der Waals surface area contributed by atoms with E-state index in [0.29, 0.717) is 45.2 Å². The molecule has 0 radical (unpaired) electrons. The third kappa shape index (κ3) is 5.48. The van der Waals surface area contributed by atoms with Gasteiger partial charge in [-0.2, -0.15) is 4.68 Å². The Hall–Kier alpha value is -4.64. The first-order chi connectivity index (χ1) is 19.0. The number of halogens is 1. The van der Waals surface area contributed by atoms with E-state index in [9.17, 15) is 9.59 Å². The van der Waals surface area contributed by atoms with Gasteiger partial charge in [-0.25, -0.2) is 0 Å². The van der Waals surface area contributed by atoms with Crippen LogP contribution in [0.2, 0.25) is 5.02 Å². The Morgan fingerprint density at radius 2 is 1.90 bits per heavy atom. The Morgan fingerprint density at radius 3 is 2.64 bits per heavy atom. The maximum atomic E-state index is 13.5. The van der Waals surface area contributed by atoms with E-state index in [0.717, 1.165) is 18.4 Å². The number of carbonyl (C=O) groups excluding carboxylic acids is 1. The molecule has 0 aliphatic heterocycles. The van der Waals surface area contributed by atoms with Crippen LogP contribution in [-0.2, 0) is 4.79 Å². The summed E-state index contributed by atoms with van der Waals surface area (Å²) in [5, 5.41) is 14.8. The molecule has 12 heteroatoms. The lowest BCUT2D eigenvalue weighted by Crippen LogP contribution is -2.33. The van der Waals surface area contributed by atoms with Crippen LogP contribution in [0.1, 0.15) is 32.2 Å². The van der Waals surface area contributed by atoms with Gasteiger partial charge in [0.25, 0.3) is 5.56 Å². The second-order valence-corrected chi connectivity index (χ2v) is 9.26. The Bertz CT molecular complexity index is 1690. The Morgan fingerprint density at radius 1 is 1.08 bits per heavy atom. The van der Waals surface area contributed by atoms with E-state index in [-0.39, 0.29) is 11.5 Å². The average molecular weight is 545 g/mol. The third-order valence-corrected chi connectivity index (χ3v) is 6.55. The molecule has 0 saturated carbocycles. The van der Waals surface area contributed by atoms with Crippen molar-refractivity contribution in [3.05, 3.63) is 82.8 Å². The number of tetrazole rings is 1. The molecular weight excluding hydrogens is 520 g/mol. The molecule has 0 aliphatic rings. The second-order valence-electron chi connectivity index (χ2n) is 8.82. The van der Waals surface area contributed by atoms with Crippen molar-refractivity contribution < 1.29 is 9.53 Å². The van der Waals surface area contributed by atoms with E-state index in [1.807, 2.05) is 6.92 Å². The van der Waals surface area contributed by atoms with Crippen LogP contribution in [0.5, 0.6) is 5.75 Å². The van der Waals surface area contributed by atoms with Crippen LogP contribution < -0.4 is 15.6 Å². The summed E-state index contributed by atoms with van der Waals surface area (Å²) in [4.78, 5) is 35.6.